The molecule has 198 valence electrons. The van der Waals surface area contributed by atoms with Crippen LogP contribution in [-0.2, 0) is 26.2 Å². The lowest BCUT2D eigenvalue weighted by atomic mass is 10.1. The number of halogens is 2. The van der Waals surface area contributed by atoms with E-state index < -0.39 is 28.5 Å². The standard InChI is InChI=1S/C26H35Cl2N3O4S/c1-6-8-14-29-26(33)23(7-2)30(16-20-21(27)10-9-11-22(20)28)25(32)17-31(36(5,34)35)24-15-18(3)12-13-19(24)4/h9-13,15,23H,6-8,14,16-17H2,1-5H3,(H,29,33). The van der Waals surface area contributed by atoms with Crippen LogP contribution in [0.2, 0.25) is 10.0 Å². The Balaban J connectivity index is 2.51. The molecule has 0 radical (unpaired) electrons. The minimum Gasteiger partial charge on any atom is -0.354 e. The first kappa shape index (κ1) is 29.9. The Hall–Kier alpha value is -2.29. The normalized spacial score (nSPS) is 12.2. The molecule has 0 fully saturated rings. The summed E-state index contributed by atoms with van der Waals surface area (Å²) in [7, 11) is -3.81. The number of benzene rings is 2. The van der Waals surface area contributed by atoms with Gasteiger partial charge in [0.15, 0.2) is 0 Å². The van der Waals surface area contributed by atoms with Gasteiger partial charge in [0.25, 0.3) is 0 Å². The molecule has 0 aliphatic carbocycles. The Morgan fingerprint density at radius 3 is 2.25 bits per heavy atom. The van der Waals surface area contributed by atoms with Gasteiger partial charge >= 0.3 is 0 Å². The molecule has 0 aromatic heterocycles. The van der Waals surface area contributed by atoms with Crippen LogP contribution in [0.1, 0.15) is 49.8 Å². The van der Waals surface area contributed by atoms with Crippen LogP contribution < -0.4 is 9.62 Å². The van der Waals surface area contributed by atoms with Crippen LogP contribution in [0.5, 0.6) is 0 Å². The highest BCUT2D eigenvalue weighted by atomic mass is 35.5. The van der Waals surface area contributed by atoms with Crippen molar-refractivity contribution >= 4 is 50.7 Å². The fourth-order valence-corrected chi connectivity index (χ4v) is 5.28. The monoisotopic (exact) mass is 555 g/mol. The third-order valence-corrected chi connectivity index (χ3v) is 7.75. The second kappa shape index (κ2) is 13.3. The highest BCUT2D eigenvalue weighted by Gasteiger charge is 2.32. The van der Waals surface area contributed by atoms with Gasteiger partial charge in [0, 0.05) is 28.7 Å². The van der Waals surface area contributed by atoms with Gasteiger partial charge in [-0.05, 0) is 56.0 Å². The molecular formula is C26H35Cl2N3O4S. The van der Waals surface area contributed by atoms with Gasteiger partial charge in [-0.2, -0.15) is 0 Å². The van der Waals surface area contributed by atoms with E-state index in [1.807, 2.05) is 26.0 Å². The zero-order valence-electron chi connectivity index (χ0n) is 21.5. The molecule has 0 saturated carbocycles. The number of aryl methyl sites for hydroxylation is 2. The van der Waals surface area contributed by atoms with Crippen LogP contribution in [0.25, 0.3) is 0 Å². The van der Waals surface area contributed by atoms with E-state index in [4.69, 9.17) is 23.2 Å². The summed E-state index contributed by atoms with van der Waals surface area (Å²) >= 11 is 12.8. The molecule has 0 aliphatic heterocycles. The lowest BCUT2D eigenvalue weighted by Crippen LogP contribution is -2.52. The van der Waals surface area contributed by atoms with Gasteiger partial charge in [-0.15, -0.1) is 0 Å². The average molecular weight is 557 g/mol. The number of nitrogens with one attached hydrogen (secondary N) is 1. The fraction of sp³-hybridized carbons (Fsp3) is 0.462. The number of nitrogens with zero attached hydrogens (tertiary/aromatic N) is 2. The Kier molecular flexibility index (Phi) is 11.1. The van der Waals surface area contributed by atoms with E-state index in [1.54, 1.807) is 38.1 Å². The molecule has 1 N–H and O–H groups in total. The second-order valence-corrected chi connectivity index (χ2v) is 11.6. The molecule has 7 nitrogen and oxygen atoms in total. The van der Waals surface area contributed by atoms with Crippen molar-refractivity contribution in [1.82, 2.24) is 10.2 Å². The number of amides is 2. The van der Waals surface area contributed by atoms with Gasteiger partial charge in [0.1, 0.15) is 12.6 Å². The average Bonchev–Trinajstić information content (AvgIpc) is 2.80. The summed E-state index contributed by atoms with van der Waals surface area (Å²) in [5.74, 6) is -0.838. The maximum atomic E-state index is 13.8. The summed E-state index contributed by atoms with van der Waals surface area (Å²) in [5, 5.41) is 3.60. The third-order valence-electron chi connectivity index (χ3n) is 5.92. The van der Waals surface area contributed by atoms with Crippen LogP contribution in [0.15, 0.2) is 36.4 Å². The van der Waals surface area contributed by atoms with E-state index in [-0.39, 0.29) is 12.5 Å². The molecule has 2 aromatic carbocycles. The minimum atomic E-state index is -3.81. The Bertz CT molecular complexity index is 1170. The smallest absolute Gasteiger partial charge is 0.244 e. The van der Waals surface area contributed by atoms with Crippen LogP contribution >= 0.6 is 23.2 Å². The van der Waals surface area contributed by atoms with Crippen molar-refractivity contribution in [2.45, 2.75) is 59.5 Å². The first-order valence-corrected chi connectivity index (χ1v) is 14.6. The number of anilines is 1. The maximum Gasteiger partial charge on any atom is 0.244 e. The van der Waals surface area contributed by atoms with E-state index in [0.29, 0.717) is 39.8 Å². The number of carbonyl (C=O) groups is 2. The SMILES string of the molecule is CCCCNC(=O)C(CC)N(Cc1c(Cl)cccc1Cl)C(=O)CN(c1cc(C)ccc1C)S(C)(=O)=O. The predicted octanol–water partition coefficient (Wildman–Crippen LogP) is 5.10. The largest absolute Gasteiger partial charge is 0.354 e. The third kappa shape index (κ3) is 7.85. The van der Waals surface area contributed by atoms with Crippen molar-refractivity contribution in [2.75, 3.05) is 23.7 Å². The van der Waals surface area contributed by atoms with E-state index >= 15 is 0 Å². The highest BCUT2D eigenvalue weighted by Crippen LogP contribution is 2.28. The van der Waals surface area contributed by atoms with Gasteiger partial charge in [0.2, 0.25) is 21.8 Å². The molecular weight excluding hydrogens is 521 g/mol. The van der Waals surface area contributed by atoms with Gasteiger partial charge in [-0.25, -0.2) is 8.42 Å². The Morgan fingerprint density at radius 2 is 1.69 bits per heavy atom. The summed E-state index contributed by atoms with van der Waals surface area (Å²) in [6, 6.07) is 9.60. The molecule has 0 saturated heterocycles. The maximum absolute atomic E-state index is 13.8. The Morgan fingerprint density at radius 1 is 1.06 bits per heavy atom. The van der Waals surface area contributed by atoms with Crippen LogP contribution in [0, 0.1) is 13.8 Å². The van der Waals surface area contributed by atoms with Crippen molar-refractivity contribution in [3.63, 3.8) is 0 Å². The number of carbonyl (C=O) groups excluding carboxylic acids is 2. The highest BCUT2D eigenvalue weighted by molar-refractivity contribution is 7.92. The quantitative estimate of drug-likeness (QED) is 0.369. The number of hydrogen-bond donors (Lipinski definition) is 1. The van der Waals surface area contributed by atoms with E-state index in [0.717, 1.165) is 29.0 Å². The van der Waals surface area contributed by atoms with Crippen molar-refractivity contribution < 1.29 is 18.0 Å². The first-order chi connectivity index (χ1) is 16.9. The first-order valence-electron chi connectivity index (χ1n) is 12.0. The fourth-order valence-electron chi connectivity index (χ4n) is 3.86. The predicted molar refractivity (Wildman–Crippen MR) is 147 cm³/mol. The van der Waals surface area contributed by atoms with Crippen LogP contribution in [0.3, 0.4) is 0 Å². The van der Waals surface area contributed by atoms with E-state index in [2.05, 4.69) is 5.32 Å². The molecule has 36 heavy (non-hydrogen) atoms. The lowest BCUT2D eigenvalue weighted by Gasteiger charge is -2.33. The van der Waals surface area contributed by atoms with Crippen molar-refractivity contribution in [3.05, 3.63) is 63.1 Å². The zero-order valence-corrected chi connectivity index (χ0v) is 23.8. The second-order valence-electron chi connectivity index (χ2n) is 8.85. The summed E-state index contributed by atoms with van der Waals surface area (Å²) in [6.45, 7) is 7.44. The van der Waals surface area contributed by atoms with Crippen molar-refractivity contribution in [3.8, 4) is 0 Å². The summed E-state index contributed by atoms with van der Waals surface area (Å²) in [6.07, 6.45) is 3.11. The molecule has 1 atom stereocenters. The van der Waals surface area contributed by atoms with Gasteiger partial charge in [0.05, 0.1) is 11.9 Å². The van der Waals surface area contributed by atoms with Crippen molar-refractivity contribution in [2.24, 2.45) is 0 Å². The molecule has 0 aliphatic rings. The van der Waals surface area contributed by atoms with Crippen molar-refractivity contribution in [1.29, 1.82) is 0 Å². The molecule has 10 heteroatoms. The molecule has 0 spiro atoms. The molecule has 2 aromatic rings. The molecule has 0 heterocycles. The van der Waals surface area contributed by atoms with Crippen LogP contribution in [0.4, 0.5) is 5.69 Å². The van der Waals surface area contributed by atoms with E-state index in [9.17, 15) is 18.0 Å². The molecule has 0 bridgehead atoms. The number of unbranched alkanes of at least 4 members (excludes halogenated alkanes) is 1. The van der Waals surface area contributed by atoms with Crippen LogP contribution in [-0.4, -0.2) is 50.5 Å². The molecule has 2 amide bonds. The zero-order chi connectivity index (χ0) is 27.0. The van der Waals surface area contributed by atoms with Gasteiger partial charge < -0.3 is 10.2 Å². The summed E-state index contributed by atoms with van der Waals surface area (Å²) in [4.78, 5) is 28.3. The number of hydrogen-bond acceptors (Lipinski definition) is 4. The number of sulfonamides is 1. The molecule has 2 rings (SSSR count). The molecule has 1 unspecified atom stereocenters. The topological polar surface area (TPSA) is 86.8 Å². The number of rotatable bonds is 12. The lowest BCUT2D eigenvalue weighted by molar-refractivity contribution is -0.140. The summed E-state index contributed by atoms with van der Waals surface area (Å²) < 4.78 is 26.7. The minimum absolute atomic E-state index is 0.0402. The Labute approximate surface area is 224 Å². The van der Waals surface area contributed by atoms with Gasteiger partial charge in [-0.3, -0.25) is 13.9 Å². The van der Waals surface area contributed by atoms with Gasteiger partial charge in [-0.1, -0.05) is 61.7 Å². The van der Waals surface area contributed by atoms with E-state index in [1.165, 1.54) is 4.90 Å². The summed E-state index contributed by atoms with van der Waals surface area (Å²) in [5.41, 5.74) is 2.48.